The van der Waals surface area contributed by atoms with Crippen LogP contribution in [0.2, 0.25) is 0 Å². The molecule has 10 aromatic rings. The Kier molecular flexibility index (Phi) is 8.95. The lowest BCUT2D eigenvalue weighted by atomic mass is 9.89. The third-order valence-corrected chi connectivity index (χ3v) is 11.1. The molecule has 0 unspecified atom stereocenters. The molecule has 0 fully saturated rings. The first kappa shape index (κ1) is 34.0. The Morgan fingerprint density at radius 1 is 0.193 bits per heavy atom. The number of anilines is 3. The van der Waals surface area contributed by atoms with E-state index in [1.807, 2.05) is 0 Å². The molecule has 1 heteroatoms. The predicted octanol–water partition coefficient (Wildman–Crippen LogP) is 15.8. The second-order valence-corrected chi connectivity index (χ2v) is 14.5. The summed E-state index contributed by atoms with van der Waals surface area (Å²) in [6, 6.07) is 85.6. The van der Waals surface area contributed by atoms with Crippen molar-refractivity contribution in [3.05, 3.63) is 237 Å². The van der Waals surface area contributed by atoms with Gasteiger partial charge in [0.25, 0.3) is 0 Å². The minimum Gasteiger partial charge on any atom is -0.309 e. The molecule has 0 amide bonds. The van der Waals surface area contributed by atoms with Crippen molar-refractivity contribution >= 4 is 38.6 Å². The van der Waals surface area contributed by atoms with Crippen molar-refractivity contribution in [3.8, 4) is 55.6 Å². The quantitative estimate of drug-likeness (QED) is 0.141. The largest absolute Gasteiger partial charge is 0.309 e. The van der Waals surface area contributed by atoms with Crippen LogP contribution in [0.1, 0.15) is 0 Å². The van der Waals surface area contributed by atoms with Gasteiger partial charge in [-0.05, 0) is 90.5 Å². The molecule has 1 nitrogen and oxygen atoms in total. The van der Waals surface area contributed by atoms with Crippen LogP contribution in [0, 0.1) is 0 Å². The average molecular weight is 726 g/mol. The van der Waals surface area contributed by atoms with Gasteiger partial charge in [0.1, 0.15) is 0 Å². The summed E-state index contributed by atoms with van der Waals surface area (Å²) >= 11 is 0. The maximum atomic E-state index is 2.46. The first-order chi connectivity index (χ1) is 28.3. The molecule has 0 bridgehead atoms. The average Bonchev–Trinajstić information content (AvgIpc) is 3.30. The maximum Gasteiger partial charge on any atom is 0.0624 e. The second kappa shape index (κ2) is 15.0. The van der Waals surface area contributed by atoms with Gasteiger partial charge < -0.3 is 4.90 Å². The van der Waals surface area contributed by atoms with Gasteiger partial charge in [0, 0.05) is 22.3 Å². The Morgan fingerprint density at radius 2 is 0.456 bits per heavy atom. The van der Waals surface area contributed by atoms with Crippen molar-refractivity contribution in [2.75, 3.05) is 4.90 Å². The van der Waals surface area contributed by atoms with Crippen molar-refractivity contribution < 1.29 is 0 Å². The van der Waals surface area contributed by atoms with Crippen molar-refractivity contribution in [3.63, 3.8) is 0 Å². The van der Waals surface area contributed by atoms with Crippen molar-refractivity contribution in [2.45, 2.75) is 0 Å². The van der Waals surface area contributed by atoms with Gasteiger partial charge >= 0.3 is 0 Å². The first-order valence-corrected chi connectivity index (χ1v) is 19.6. The van der Waals surface area contributed by atoms with Crippen LogP contribution >= 0.6 is 0 Å². The number of hydrogen-bond acceptors (Lipinski definition) is 1. The fourth-order valence-corrected chi connectivity index (χ4v) is 8.24. The summed E-state index contributed by atoms with van der Waals surface area (Å²) in [6.07, 6.45) is 0. The summed E-state index contributed by atoms with van der Waals surface area (Å²) in [5.41, 5.74) is 15.3. The highest BCUT2D eigenvalue weighted by Crippen LogP contribution is 2.50. The molecule has 57 heavy (non-hydrogen) atoms. The normalized spacial score (nSPS) is 11.2. The number of fused-ring (bicyclic) bond motifs is 3. The summed E-state index contributed by atoms with van der Waals surface area (Å²) in [6.45, 7) is 0. The van der Waals surface area contributed by atoms with Gasteiger partial charge in [-0.3, -0.25) is 0 Å². The van der Waals surface area contributed by atoms with E-state index in [1.165, 1.54) is 77.2 Å². The molecule has 0 aliphatic heterocycles. The molecule has 268 valence electrons. The van der Waals surface area contributed by atoms with Gasteiger partial charge in [-0.25, -0.2) is 0 Å². The van der Waals surface area contributed by atoms with Crippen LogP contribution in [0.3, 0.4) is 0 Å². The molecule has 0 saturated carbocycles. The summed E-state index contributed by atoms with van der Waals surface area (Å²) in [7, 11) is 0. The van der Waals surface area contributed by atoms with Gasteiger partial charge in [0.15, 0.2) is 0 Å². The highest BCUT2D eigenvalue weighted by Gasteiger charge is 2.24. The van der Waals surface area contributed by atoms with E-state index >= 15 is 0 Å². The maximum absolute atomic E-state index is 2.46. The fraction of sp³-hybridized carbons (Fsp3) is 0. The fourth-order valence-electron chi connectivity index (χ4n) is 8.24. The first-order valence-electron chi connectivity index (χ1n) is 19.6. The van der Waals surface area contributed by atoms with E-state index in [9.17, 15) is 0 Å². The van der Waals surface area contributed by atoms with Crippen molar-refractivity contribution in [1.29, 1.82) is 0 Å². The standard InChI is InChI=1S/C56H39N/c1-4-14-40(15-5-1)43-24-26-45(27-25-43)47-34-38-50(39-35-47)57(49-36-32-46(33-37-49)42-18-8-3-9-19-42)56-54-23-13-11-21-52(54)51-20-10-12-22-53(51)55(56)48-30-28-44(29-31-48)41-16-6-2-7-17-41/h1-39H. The molecule has 10 aromatic carbocycles. The number of nitrogens with zero attached hydrogens (tertiary/aromatic N) is 1. The number of benzene rings is 10. The molecule has 0 radical (unpaired) electrons. The van der Waals surface area contributed by atoms with Crippen LogP contribution < -0.4 is 4.90 Å². The van der Waals surface area contributed by atoms with E-state index in [0.717, 1.165) is 17.1 Å². The summed E-state index contributed by atoms with van der Waals surface area (Å²) in [4.78, 5) is 2.46. The molecular formula is C56H39N. The Morgan fingerprint density at radius 3 is 0.842 bits per heavy atom. The Labute approximate surface area is 334 Å². The van der Waals surface area contributed by atoms with Crippen LogP contribution in [-0.2, 0) is 0 Å². The topological polar surface area (TPSA) is 3.24 Å². The lowest BCUT2D eigenvalue weighted by molar-refractivity contribution is 1.30. The van der Waals surface area contributed by atoms with Gasteiger partial charge in [-0.1, -0.05) is 212 Å². The van der Waals surface area contributed by atoms with Crippen molar-refractivity contribution in [2.24, 2.45) is 0 Å². The monoisotopic (exact) mass is 725 g/mol. The van der Waals surface area contributed by atoms with Crippen LogP contribution in [0.15, 0.2) is 237 Å². The summed E-state index contributed by atoms with van der Waals surface area (Å²) in [5.74, 6) is 0. The van der Waals surface area contributed by atoms with Crippen LogP contribution in [0.25, 0.3) is 77.2 Å². The molecule has 10 rings (SSSR count). The Balaban J connectivity index is 1.17. The molecule has 0 saturated heterocycles. The van der Waals surface area contributed by atoms with E-state index in [4.69, 9.17) is 0 Å². The van der Waals surface area contributed by atoms with Crippen LogP contribution in [-0.4, -0.2) is 0 Å². The molecule has 0 aliphatic rings. The Bertz CT molecular complexity index is 2930. The van der Waals surface area contributed by atoms with E-state index in [2.05, 4.69) is 241 Å². The smallest absolute Gasteiger partial charge is 0.0624 e. The van der Waals surface area contributed by atoms with Crippen molar-refractivity contribution in [1.82, 2.24) is 0 Å². The van der Waals surface area contributed by atoms with Crippen LogP contribution in [0.4, 0.5) is 17.1 Å². The van der Waals surface area contributed by atoms with Crippen LogP contribution in [0.5, 0.6) is 0 Å². The zero-order chi connectivity index (χ0) is 38.0. The highest BCUT2D eigenvalue weighted by molar-refractivity contribution is 6.22. The third kappa shape index (κ3) is 6.56. The Hall–Kier alpha value is -7.48. The van der Waals surface area contributed by atoms with Gasteiger partial charge in [-0.2, -0.15) is 0 Å². The van der Waals surface area contributed by atoms with Gasteiger partial charge in [0.05, 0.1) is 5.69 Å². The minimum atomic E-state index is 1.09. The molecule has 0 atom stereocenters. The molecule has 0 aliphatic carbocycles. The zero-order valence-electron chi connectivity index (χ0n) is 31.5. The number of rotatable bonds is 8. The SMILES string of the molecule is c1ccc(-c2ccc(-c3ccc(N(c4ccc(-c5ccccc5)cc4)c4c(-c5ccc(-c6ccccc6)cc5)c5ccccc5c5ccccc45)cc3)cc2)cc1. The molecule has 0 N–H and O–H groups in total. The highest BCUT2D eigenvalue weighted by atomic mass is 15.1. The third-order valence-electron chi connectivity index (χ3n) is 11.1. The van der Waals surface area contributed by atoms with E-state index in [0.29, 0.717) is 0 Å². The van der Waals surface area contributed by atoms with E-state index in [1.54, 1.807) is 0 Å². The predicted molar refractivity (Wildman–Crippen MR) is 243 cm³/mol. The lowest BCUT2D eigenvalue weighted by Crippen LogP contribution is -2.12. The van der Waals surface area contributed by atoms with Gasteiger partial charge in [-0.15, -0.1) is 0 Å². The molecule has 0 heterocycles. The minimum absolute atomic E-state index is 1.09. The molecule has 0 spiro atoms. The zero-order valence-corrected chi connectivity index (χ0v) is 31.5. The van der Waals surface area contributed by atoms with Gasteiger partial charge in [0.2, 0.25) is 0 Å². The van der Waals surface area contributed by atoms with E-state index < -0.39 is 0 Å². The summed E-state index contributed by atoms with van der Waals surface area (Å²) < 4.78 is 0. The molecule has 0 aromatic heterocycles. The second-order valence-electron chi connectivity index (χ2n) is 14.5. The molecular weight excluding hydrogens is 687 g/mol. The lowest BCUT2D eigenvalue weighted by Gasteiger charge is -2.31. The van der Waals surface area contributed by atoms with E-state index in [-0.39, 0.29) is 0 Å². The summed E-state index contributed by atoms with van der Waals surface area (Å²) in [5, 5.41) is 4.90. The number of hydrogen-bond donors (Lipinski definition) is 0.